The number of furan rings is 1. The van der Waals surface area contributed by atoms with E-state index < -0.39 is 0 Å². The molecule has 3 heterocycles. The second kappa shape index (κ2) is 13.2. The van der Waals surface area contributed by atoms with Crippen molar-refractivity contribution >= 4 is 38.9 Å². The van der Waals surface area contributed by atoms with Crippen molar-refractivity contribution in [2.45, 2.75) is 12.5 Å². The van der Waals surface area contributed by atoms with Gasteiger partial charge in [-0.3, -0.25) is 0 Å². The van der Waals surface area contributed by atoms with E-state index in [9.17, 15) is 0 Å². The van der Waals surface area contributed by atoms with E-state index in [4.69, 9.17) is 19.4 Å². The molecule has 56 heavy (non-hydrogen) atoms. The van der Waals surface area contributed by atoms with Crippen LogP contribution < -0.4 is 0 Å². The molecule has 0 N–H and O–H groups in total. The molecule has 5 heteroatoms. The highest BCUT2D eigenvalue weighted by atomic mass is 16.3. The van der Waals surface area contributed by atoms with Gasteiger partial charge in [-0.15, -0.1) is 0 Å². The average molecular weight is 719 g/mol. The van der Waals surface area contributed by atoms with E-state index in [1.54, 1.807) is 0 Å². The summed E-state index contributed by atoms with van der Waals surface area (Å²) in [4.78, 5) is 15.3. The van der Waals surface area contributed by atoms with Crippen LogP contribution in [0.5, 0.6) is 0 Å². The zero-order chi connectivity index (χ0) is 37.0. The molecule has 1 aliphatic carbocycles. The van der Waals surface area contributed by atoms with Crippen molar-refractivity contribution in [1.29, 1.82) is 0 Å². The Morgan fingerprint density at radius 3 is 1.75 bits per heavy atom. The quantitative estimate of drug-likeness (QED) is 0.172. The Kier molecular flexibility index (Phi) is 7.56. The Morgan fingerprint density at radius 1 is 0.464 bits per heavy atom. The number of hydrogen-bond acceptors (Lipinski definition) is 4. The second-order valence-corrected chi connectivity index (χ2v) is 14.3. The number of nitrogens with zero attached hydrogens (tertiary/aromatic N) is 4. The zero-order valence-electron chi connectivity index (χ0n) is 30.4. The average Bonchev–Trinajstić information content (AvgIpc) is 3.82. The normalized spacial score (nSPS) is 13.8. The molecule has 1 atom stereocenters. The first-order valence-electron chi connectivity index (χ1n) is 19.0. The summed E-state index contributed by atoms with van der Waals surface area (Å²) in [6, 6.07) is 61.4. The van der Waals surface area contributed by atoms with Crippen LogP contribution in [-0.4, -0.2) is 19.5 Å². The van der Waals surface area contributed by atoms with Crippen molar-refractivity contribution < 1.29 is 4.42 Å². The van der Waals surface area contributed by atoms with E-state index in [0.717, 1.165) is 51.0 Å². The number of benzene rings is 7. The van der Waals surface area contributed by atoms with Gasteiger partial charge in [0.15, 0.2) is 17.5 Å². The van der Waals surface area contributed by atoms with Gasteiger partial charge < -0.3 is 8.98 Å². The maximum Gasteiger partial charge on any atom is 0.164 e. The van der Waals surface area contributed by atoms with Gasteiger partial charge in [0.2, 0.25) is 0 Å². The van der Waals surface area contributed by atoms with Crippen molar-refractivity contribution in [2.75, 3.05) is 0 Å². The number of hydrogen-bond donors (Lipinski definition) is 0. The summed E-state index contributed by atoms with van der Waals surface area (Å²) in [6.45, 7) is 0. The molecular formula is C51H34N4O. The predicted octanol–water partition coefficient (Wildman–Crippen LogP) is 12.9. The Hall–Kier alpha value is -7.37. The molecule has 0 amide bonds. The Morgan fingerprint density at radius 2 is 1.02 bits per heavy atom. The first-order valence-corrected chi connectivity index (χ1v) is 19.0. The van der Waals surface area contributed by atoms with Crippen molar-refractivity contribution in [3.05, 3.63) is 193 Å². The van der Waals surface area contributed by atoms with Crippen LogP contribution in [0.25, 0.3) is 95.3 Å². The minimum atomic E-state index is 0.0623. The minimum absolute atomic E-state index is 0.0623. The van der Waals surface area contributed by atoms with E-state index in [-0.39, 0.29) is 6.04 Å². The topological polar surface area (TPSA) is 56.7 Å². The van der Waals surface area contributed by atoms with Crippen molar-refractivity contribution in [2.24, 2.45) is 0 Å². The van der Waals surface area contributed by atoms with Crippen LogP contribution in [-0.2, 0) is 6.42 Å². The van der Waals surface area contributed by atoms with Gasteiger partial charge in [0.05, 0.1) is 11.6 Å². The molecule has 1 aliphatic rings. The fourth-order valence-electron chi connectivity index (χ4n) is 8.33. The van der Waals surface area contributed by atoms with Crippen molar-refractivity contribution in [3.63, 3.8) is 0 Å². The standard InChI is InChI=1S/C51H34N4O/c1-4-13-33(14-5-1)35-23-25-37(26-24-35)50-52-49(36-17-8-3-9-18-36)53-51(54-50)43-20-12-22-46-48(43)42-30-28-39(32-47(42)56-46)55-44-21-11-10-19-40(44)41-29-27-38(31-45(41)55)34-15-6-2-7-16-34/h1-31,39H,32H2. The van der Waals surface area contributed by atoms with Gasteiger partial charge in [-0.1, -0.05) is 170 Å². The molecule has 0 saturated heterocycles. The fraction of sp³-hybridized carbons (Fsp3) is 0.0392. The largest absolute Gasteiger partial charge is 0.460 e. The molecule has 0 spiro atoms. The lowest BCUT2D eigenvalue weighted by molar-refractivity contribution is 0.499. The maximum absolute atomic E-state index is 6.75. The molecule has 264 valence electrons. The molecule has 7 aromatic carbocycles. The van der Waals surface area contributed by atoms with Gasteiger partial charge in [0.25, 0.3) is 0 Å². The highest BCUT2D eigenvalue weighted by Gasteiger charge is 2.27. The number of fused-ring (bicyclic) bond motifs is 6. The number of allylic oxidation sites excluding steroid dienone is 1. The summed E-state index contributed by atoms with van der Waals surface area (Å²) in [6.07, 6.45) is 5.29. The summed E-state index contributed by atoms with van der Waals surface area (Å²) in [5.41, 5.74) is 11.8. The van der Waals surface area contributed by atoms with Crippen molar-refractivity contribution in [1.82, 2.24) is 19.5 Å². The summed E-state index contributed by atoms with van der Waals surface area (Å²) in [5.74, 6) is 2.82. The maximum atomic E-state index is 6.75. The zero-order valence-corrected chi connectivity index (χ0v) is 30.4. The molecule has 0 saturated carbocycles. The predicted molar refractivity (Wildman–Crippen MR) is 228 cm³/mol. The molecule has 3 aromatic heterocycles. The van der Waals surface area contributed by atoms with Crippen molar-refractivity contribution in [3.8, 4) is 56.4 Å². The lowest BCUT2D eigenvalue weighted by Gasteiger charge is -2.21. The molecule has 10 aromatic rings. The van der Waals surface area contributed by atoms with E-state index >= 15 is 0 Å². The molecule has 11 rings (SSSR count). The van der Waals surface area contributed by atoms with E-state index in [0.29, 0.717) is 17.5 Å². The molecule has 5 nitrogen and oxygen atoms in total. The molecular weight excluding hydrogens is 685 g/mol. The SMILES string of the molecule is C1=CC(n2c3ccccc3c3ccc(-c4ccccc4)cc32)Cc2oc3cccc(-c4nc(-c5ccccc5)nc(-c5ccc(-c6ccccc6)cc5)n4)c3c21. The van der Waals surface area contributed by atoms with Gasteiger partial charge in [-0.2, -0.15) is 0 Å². The monoisotopic (exact) mass is 718 g/mol. The second-order valence-electron chi connectivity index (χ2n) is 14.3. The lowest BCUT2D eigenvalue weighted by atomic mass is 9.96. The van der Waals surface area contributed by atoms with E-state index in [2.05, 4.69) is 150 Å². The third kappa shape index (κ3) is 5.44. The van der Waals surface area contributed by atoms with Crippen LogP contribution in [0.3, 0.4) is 0 Å². The summed E-state index contributed by atoms with van der Waals surface area (Å²) in [7, 11) is 0. The van der Waals surface area contributed by atoms with Gasteiger partial charge >= 0.3 is 0 Å². The van der Waals surface area contributed by atoms with Gasteiger partial charge in [0, 0.05) is 50.4 Å². The Labute approximate surface area is 323 Å². The molecule has 0 fully saturated rings. The minimum Gasteiger partial charge on any atom is -0.460 e. The smallest absolute Gasteiger partial charge is 0.164 e. The Balaban J connectivity index is 1.03. The van der Waals surface area contributed by atoms with Crippen LogP contribution in [0.1, 0.15) is 17.4 Å². The van der Waals surface area contributed by atoms with Crippen LogP contribution in [0.2, 0.25) is 0 Å². The first kappa shape index (κ1) is 32.1. The number of rotatable bonds is 6. The van der Waals surface area contributed by atoms with E-state index in [1.807, 2.05) is 42.5 Å². The van der Waals surface area contributed by atoms with E-state index in [1.165, 1.54) is 38.5 Å². The molecule has 0 aliphatic heterocycles. The number of aromatic nitrogens is 4. The summed E-state index contributed by atoms with van der Waals surface area (Å²) < 4.78 is 9.23. The molecule has 0 radical (unpaired) electrons. The van der Waals surface area contributed by atoms with Gasteiger partial charge in [-0.25, -0.2) is 15.0 Å². The van der Waals surface area contributed by atoms with Gasteiger partial charge in [0.1, 0.15) is 11.3 Å². The summed E-state index contributed by atoms with van der Waals surface area (Å²) in [5, 5.41) is 3.52. The van der Waals surface area contributed by atoms with Crippen LogP contribution in [0, 0.1) is 0 Å². The highest BCUT2D eigenvalue weighted by Crippen LogP contribution is 2.42. The highest BCUT2D eigenvalue weighted by molar-refractivity contribution is 6.09. The molecule has 0 bridgehead atoms. The molecule has 1 unspecified atom stereocenters. The van der Waals surface area contributed by atoms with Gasteiger partial charge in [-0.05, 0) is 40.5 Å². The first-order chi connectivity index (χ1) is 27.7. The Bertz CT molecular complexity index is 3090. The van der Waals surface area contributed by atoms with Crippen LogP contribution in [0.15, 0.2) is 186 Å². The number of para-hydroxylation sites is 1. The third-order valence-corrected chi connectivity index (χ3v) is 11.0. The summed E-state index contributed by atoms with van der Waals surface area (Å²) >= 11 is 0. The van der Waals surface area contributed by atoms with Crippen LogP contribution in [0.4, 0.5) is 0 Å². The van der Waals surface area contributed by atoms with Crippen LogP contribution >= 0.6 is 0 Å². The fourth-order valence-corrected chi connectivity index (χ4v) is 8.33. The lowest BCUT2D eigenvalue weighted by Crippen LogP contribution is -2.12. The third-order valence-electron chi connectivity index (χ3n) is 11.0.